The number of anilines is 1. The first kappa shape index (κ1) is 20.9. The number of nitrogens with zero attached hydrogens (tertiary/aromatic N) is 5. The zero-order valence-electron chi connectivity index (χ0n) is 16.3. The summed E-state index contributed by atoms with van der Waals surface area (Å²) in [6, 6.07) is -1.68. The van der Waals surface area contributed by atoms with Crippen LogP contribution in [0.4, 0.5) is 5.82 Å². The summed E-state index contributed by atoms with van der Waals surface area (Å²) >= 11 is 0. The van der Waals surface area contributed by atoms with E-state index >= 15 is 0 Å². The van der Waals surface area contributed by atoms with E-state index in [9.17, 15) is 15.0 Å². The van der Waals surface area contributed by atoms with Crippen LogP contribution in [0.15, 0.2) is 12.7 Å². The van der Waals surface area contributed by atoms with Crippen molar-refractivity contribution in [3.8, 4) is 12.3 Å². The summed E-state index contributed by atoms with van der Waals surface area (Å²) < 4.78 is 7.37. The fourth-order valence-electron chi connectivity index (χ4n) is 3.30. The number of aliphatic hydroxyl groups excluding tert-OH is 2. The predicted molar refractivity (Wildman–Crippen MR) is 105 cm³/mol. The molecule has 0 aromatic carbocycles. The number of nitrogens with two attached hydrogens (primary N) is 1. The molecule has 0 unspecified atom stereocenters. The zero-order chi connectivity index (χ0) is 21.1. The summed E-state index contributed by atoms with van der Waals surface area (Å²) in [4.78, 5) is 26.9. The molecule has 5 atom stereocenters. The highest BCUT2D eigenvalue weighted by Crippen LogP contribution is 2.32. The van der Waals surface area contributed by atoms with E-state index in [0.717, 1.165) is 0 Å². The molecule has 1 amide bonds. The Morgan fingerprint density at radius 3 is 2.90 bits per heavy atom. The highest BCUT2D eigenvalue weighted by atomic mass is 16.5. The van der Waals surface area contributed by atoms with Crippen molar-refractivity contribution in [1.29, 1.82) is 0 Å². The van der Waals surface area contributed by atoms with Crippen molar-refractivity contribution in [1.82, 2.24) is 24.8 Å². The van der Waals surface area contributed by atoms with E-state index in [1.165, 1.54) is 12.7 Å². The second kappa shape index (κ2) is 8.71. The first-order valence-electron chi connectivity index (χ1n) is 9.17. The van der Waals surface area contributed by atoms with Gasteiger partial charge in [0, 0.05) is 20.5 Å². The number of aromatic nitrogens is 4. The maximum atomic E-state index is 12.3. The SMILES string of the molecule is C#CCC[C@H](N)C(=O)N[C@H]1[C@@H](O)[C@H](n2cnc3c(N(C)C)ncnc32)O[C@@H]1CO. The van der Waals surface area contributed by atoms with Gasteiger partial charge in [0.05, 0.1) is 25.0 Å². The minimum atomic E-state index is -1.16. The highest BCUT2D eigenvalue weighted by Gasteiger charge is 2.46. The number of ether oxygens (including phenoxy) is 1. The molecule has 5 N–H and O–H groups in total. The summed E-state index contributed by atoms with van der Waals surface area (Å²) in [5.41, 5.74) is 6.83. The standard InChI is InChI=1S/C18H25N7O4/c1-4-5-6-10(19)17(28)23-12-11(7-26)29-18(14(12)27)25-9-22-13-15(24(2)3)20-8-21-16(13)25/h1,8-12,14,18,26-27H,5-7,19H2,2-3H3,(H,23,28)/t10-,11+,12+,14+,18+/m0/s1. The number of fused-ring (bicyclic) bond motifs is 1. The Bertz CT molecular complexity index is 909. The number of hydrogen-bond donors (Lipinski definition) is 4. The van der Waals surface area contributed by atoms with Crippen LogP contribution < -0.4 is 16.0 Å². The molecular weight excluding hydrogens is 378 g/mol. The summed E-state index contributed by atoms with van der Waals surface area (Å²) in [6.45, 7) is -0.400. The summed E-state index contributed by atoms with van der Waals surface area (Å²) in [5, 5.41) is 23.2. The molecule has 0 saturated carbocycles. The minimum Gasteiger partial charge on any atom is -0.394 e. The summed E-state index contributed by atoms with van der Waals surface area (Å²) in [5.74, 6) is 2.57. The lowest BCUT2D eigenvalue weighted by Gasteiger charge is -2.22. The van der Waals surface area contributed by atoms with E-state index in [4.69, 9.17) is 16.9 Å². The lowest BCUT2D eigenvalue weighted by atomic mass is 10.1. The van der Waals surface area contributed by atoms with Gasteiger partial charge in [-0.15, -0.1) is 12.3 Å². The topological polar surface area (TPSA) is 152 Å². The minimum absolute atomic E-state index is 0.315. The van der Waals surface area contributed by atoms with Gasteiger partial charge in [0.1, 0.15) is 18.5 Å². The quantitative estimate of drug-likeness (QED) is 0.399. The number of rotatable bonds is 7. The van der Waals surface area contributed by atoms with Gasteiger partial charge >= 0.3 is 0 Å². The molecule has 2 aromatic heterocycles. The van der Waals surface area contributed by atoms with Crippen LogP contribution in [-0.2, 0) is 9.53 Å². The van der Waals surface area contributed by atoms with Gasteiger partial charge in [-0.2, -0.15) is 0 Å². The summed E-state index contributed by atoms with van der Waals surface area (Å²) in [6.07, 6.45) is 5.86. The average Bonchev–Trinajstić information content (AvgIpc) is 3.27. The first-order valence-corrected chi connectivity index (χ1v) is 9.17. The van der Waals surface area contributed by atoms with E-state index in [-0.39, 0.29) is 0 Å². The number of terminal acetylenes is 1. The lowest BCUT2D eigenvalue weighted by Crippen LogP contribution is -2.53. The maximum Gasteiger partial charge on any atom is 0.237 e. The Kier molecular flexibility index (Phi) is 6.29. The normalized spacial score (nSPS) is 25.0. The molecule has 0 spiro atoms. The Morgan fingerprint density at radius 2 is 2.24 bits per heavy atom. The van der Waals surface area contributed by atoms with Crippen molar-refractivity contribution in [3.63, 3.8) is 0 Å². The molecule has 2 aromatic rings. The molecule has 0 radical (unpaired) electrons. The monoisotopic (exact) mass is 403 g/mol. The molecule has 29 heavy (non-hydrogen) atoms. The van der Waals surface area contributed by atoms with Gasteiger partial charge in [-0.3, -0.25) is 9.36 Å². The predicted octanol–water partition coefficient (Wildman–Crippen LogP) is -1.63. The molecule has 0 bridgehead atoms. The number of amides is 1. The maximum absolute atomic E-state index is 12.3. The number of nitrogens with one attached hydrogen (secondary N) is 1. The highest BCUT2D eigenvalue weighted by molar-refractivity contribution is 5.83. The lowest BCUT2D eigenvalue weighted by molar-refractivity contribution is -0.124. The molecule has 3 heterocycles. The van der Waals surface area contributed by atoms with Gasteiger partial charge in [-0.25, -0.2) is 15.0 Å². The van der Waals surface area contributed by atoms with E-state index in [1.807, 2.05) is 14.1 Å². The van der Waals surface area contributed by atoms with Crippen molar-refractivity contribution in [3.05, 3.63) is 12.7 Å². The van der Waals surface area contributed by atoms with Crippen LogP contribution in [0.2, 0.25) is 0 Å². The number of imidazole rings is 1. The third-order valence-corrected chi connectivity index (χ3v) is 4.84. The van der Waals surface area contributed by atoms with E-state index in [1.54, 1.807) is 9.47 Å². The van der Waals surface area contributed by atoms with Crippen molar-refractivity contribution in [2.24, 2.45) is 5.73 Å². The number of aliphatic hydroxyl groups is 2. The summed E-state index contributed by atoms with van der Waals surface area (Å²) in [7, 11) is 3.66. The Balaban J connectivity index is 1.84. The van der Waals surface area contributed by atoms with Gasteiger partial charge in [0.2, 0.25) is 5.91 Å². The van der Waals surface area contributed by atoms with Crippen molar-refractivity contribution < 1.29 is 19.7 Å². The molecule has 156 valence electrons. The van der Waals surface area contributed by atoms with Crippen molar-refractivity contribution >= 4 is 22.9 Å². The third kappa shape index (κ3) is 4.01. The fraction of sp³-hybridized carbons (Fsp3) is 0.556. The van der Waals surface area contributed by atoms with Crippen LogP contribution in [0, 0.1) is 12.3 Å². The van der Waals surface area contributed by atoms with Gasteiger partial charge in [-0.1, -0.05) is 0 Å². The van der Waals surface area contributed by atoms with Gasteiger partial charge < -0.3 is 30.9 Å². The van der Waals surface area contributed by atoms with Crippen molar-refractivity contribution in [2.75, 3.05) is 25.6 Å². The Hall–Kier alpha value is -2.78. The second-order valence-corrected chi connectivity index (χ2v) is 7.04. The van der Waals surface area contributed by atoms with Crippen LogP contribution in [0.5, 0.6) is 0 Å². The first-order chi connectivity index (χ1) is 13.9. The molecule has 11 nitrogen and oxygen atoms in total. The number of carbonyl (C=O) groups excluding carboxylic acids is 1. The van der Waals surface area contributed by atoms with Crippen molar-refractivity contribution in [2.45, 2.75) is 43.4 Å². The van der Waals surface area contributed by atoms with Crippen LogP contribution in [0.25, 0.3) is 11.2 Å². The molecule has 1 fully saturated rings. The van der Waals surface area contributed by atoms with E-state index in [0.29, 0.717) is 29.8 Å². The zero-order valence-corrected chi connectivity index (χ0v) is 16.3. The Labute approximate surface area is 167 Å². The van der Waals surface area contributed by atoms with Gasteiger partial charge in [0.15, 0.2) is 23.2 Å². The fourth-order valence-corrected chi connectivity index (χ4v) is 3.30. The number of carbonyl (C=O) groups is 1. The molecule has 1 aliphatic heterocycles. The van der Waals surface area contributed by atoms with E-state index < -0.39 is 43.0 Å². The molecule has 1 saturated heterocycles. The van der Waals surface area contributed by atoms with Gasteiger partial charge in [0.25, 0.3) is 0 Å². The largest absolute Gasteiger partial charge is 0.394 e. The molecule has 1 aliphatic rings. The van der Waals surface area contributed by atoms with Crippen LogP contribution in [0.3, 0.4) is 0 Å². The molecule has 0 aliphatic carbocycles. The van der Waals surface area contributed by atoms with E-state index in [2.05, 4.69) is 26.2 Å². The average molecular weight is 403 g/mol. The third-order valence-electron chi connectivity index (χ3n) is 4.84. The molecule has 11 heteroatoms. The second-order valence-electron chi connectivity index (χ2n) is 7.04. The van der Waals surface area contributed by atoms with Crippen LogP contribution in [0.1, 0.15) is 19.1 Å². The number of hydrogen-bond acceptors (Lipinski definition) is 9. The van der Waals surface area contributed by atoms with Crippen LogP contribution >= 0.6 is 0 Å². The Morgan fingerprint density at radius 1 is 1.48 bits per heavy atom. The van der Waals surface area contributed by atoms with Gasteiger partial charge in [-0.05, 0) is 6.42 Å². The van der Waals surface area contributed by atoms with Crippen LogP contribution in [-0.4, -0.2) is 80.6 Å². The molecular formula is C18H25N7O4. The molecule has 3 rings (SSSR count). The smallest absolute Gasteiger partial charge is 0.237 e.